The zero-order valence-electron chi connectivity index (χ0n) is 15.6. The molecule has 0 atom stereocenters. The molecule has 2 aromatic rings. The Bertz CT molecular complexity index is 721. The molecule has 0 aliphatic carbocycles. The Morgan fingerprint density at radius 2 is 2.19 bits per heavy atom. The highest BCUT2D eigenvalue weighted by molar-refractivity contribution is 14.0. The molecule has 0 radical (unpaired) electrons. The molecule has 26 heavy (non-hydrogen) atoms. The first-order valence-electron chi connectivity index (χ1n) is 8.19. The van der Waals surface area contributed by atoms with Crippen LogP contribution in [0.5, 0.6) is 5.75 Å². The molecule has 2 rings (SSSR count). The summed E-state index contributed by atoms with van der Waals surface area (Å²) < 4.78 is 20.8. The van der Waals surface area contributed by atoms with E-state index in [0.717, 1.165) is 30.3 Å². The Morgan fingerprint density at radius 3 is 2.81 bits per heavy atom. The van der Waals surface area contributed by atoms with Gasteiger partial charge in [0, 0.05) is 40.2 Å². The maximum absolute atomic E-state index is 13.8. The van der Waals surface area contributed by atoms with Crippen molar-refractivity contribution in [1.29, 1.82) is 0 Å². The Morgan fingerprint density at radius 1 is 1.42 bits per heavy atom. The third-order valence-electron chi connectivity index (χ3n) is 3.86. The van der Waals surface area contributed by atoms with Gasteiger partial charge >= 0.3 is 0 Å². The summed E-state index contributed by atoms with van der Waals surface area (Å²) in [4.78, 5) is 6.21. The van der Waals surface area contributed by atoms with Crippen LogP contribution in [-0.2, 0) is 19.5 Å². The van der Waals surface area contributed by atoms with Gasteiger partial charge in [-0.2, -0.15) is 0 Å². The Labute approximate surface area is 170 Å². The van der Waals surface area contributed by atoms with Crippen LogP contribution in [0.15, 0.2) is 29.5 Å². The molecule has 0 fully saturated rings. The van der Waals surface area contributed by atoms with E-state index in [1.165, 1.54) is 13.2 Å². The number of methoxy groups -OCH3 is 1. The van der Waals surface area contributed by atoms with E-state index in [1.54, 1.807) is 19.4 Å². The van der Waals surface area contributed by atoms with Crippen LogP contribution in [0.1, 0.15) is 18.3 Å². The van der Waals surface area contributed by atoms with Gasteiger partial charge in [-0.25, -0.2) is 4.39 Å². The van der Waals surface area contributed by atoms with Gasteiger partial charge in [0.05, 0.1) is 7.11 Å². The van der Waals surface area contributed by atoms with Gasteiger partial charge in [0.15, 0.2) is 17.5 Å². The van der Waals surface area contributed by atoms with Crippen LogP contribution in [0.4, 0.5) is 4.39 Å². The van der Waals surface area contributed by atoms with Crippen molar-refractivity contribution >= 4 is 29.9 Å². The Hall–Kier alpha value is -1.91. The largest absolute Gasteiger partial charge is 0.494 e. The average molecular weight is 476 g/mol. The first-order chi connectivity index (χ1) is 12.1. The highest BCUT2D eigenvalue weighted by atomic mass is 127. The fourth-order valence-corrected chi connectivity index (χ4v) is 2.57. The van der Waals surface area contributed by atoms with Gasteiger partial charge in [0.25, 0.3) is 0 Å². The summed E-state index contributed by atoms with van der Waals surface area (Å²) in [6, 6.07) is 4.96. The van der Waals surface area contributed by atoms with Crippen LogP contribution >= 0.6 is 24.0 Å². The summed E-state index contributed by atoms with van der Waals surface area (Å²) in [7, 11) is 5.09. The zero-order chi connectivity index (χ0) is 18.2. The van der Waals surface area contributed by atoms with Crippen LogP contribution in [0.25, 0.3) is 0 Å². The molecule has 0 saturated carbocycles. The number of hydrogen-bond donors (Lipinski definition) is 1. The zero-order valence-corrected chi connectivity index (χ0v) is 17.9. The molecular weight excluding hydrogens is 450 g/mol. The van der Waals surface area contributed by atoms with Crippen molar-refractivity contribution in [3.63, 3.8) is 0 Å². The Balaban J connectivity index is 0.00000338. The number of aromatic nitrogens is 3. The standard InChI is InChI=1S/C17H25FN6O.HI/c1-5-16-22-21-12-24(16)9-8-20-17(19-2)23(3)11-13-6-7-15(25-4)14(18)10-13;/h6-7,10,12H,5,8-9,11H2,1-4H3,(H,19,20);1H. The van der Waals surface area contributed by atoms with Crippen molar-refractivity contribution in [2.75, 3.05) is 27.7 Å². The predicted molar refractivity (Wildman–Crippen MR) is 111 cm³/mol. The summed E-state index contributed by atoms with van der Waals surface area (Å²) in [6.07, 6.45) is 2.57. The van der Waals surface area contributed by atoms with Crippen LogP contribution in [0.2, 0.25) is 0 Å². The molecule has 0 aliphatic rings. The topological polar surface area (TPSA) is 67.6 Å². The lowest BCUT2D eigenvalue weighted by Crippen LogP contribution is -2.39. The fraction of sp³-hybridized carbons (Fsp3) is 0.471. The summed E-state index contributed by atoms with van der Waals surface area (Å²) in [5.74, 6) is 1.58. The van der Waals surface area contributed by atoms with Crippen LogP contribution in [0, 0.1) is 5.82 Å². The SMILES string of the molecule is CCc1nncn1CCNC(=NC)N(C)Cc1ccc(OC)c(F)c1.I. The molecule has 0 saturated heterocycles. The third kappa shape index (κ3) is 5.82. The Kier molecular flexibility index (Phi) is 9.31. The van der Waals surface area contributed by atoms with E-state index in [1.807, 2.05) is 22.6 Å². The maximum atomic E-state index is 13.8. The van der Waals surface area contributed by atoms with E-state index < -0.39 is 0 Å². The first-order valence-corrected chi connectivity index (χ1v) is 8.19. The highest BCUT2D eigenvalue weighted by Gasteiger charge is 2.09. The third-order valence-corrected chi connectivity index (χ3v) is 3.86. The van der Waals surface area contributed by atoms with Crippen molar-refractivity contribution < 1.29 is 9.13 Å². The second kappa shape index (κ2) is 10.9. The average Bonchev–Trinajstić information content (AvgIpc) is 3.06. The molecule has 0 amide bonds. The van der Waals surface area contributed by atoms with Gasteiger partial charge in [-0.05, 0) is 17.7 Å². The molecule has 0 unspecified atom stereocenters. The maximum Gasteiger partial charge on any atom is 0.193 e. The number of rotatable bonds is 7. The number of nitrogens with zero attached hydrogens (tertiary/aromatic N) is 5. The van der Waals surface area contributed by atoms with Gasteiger partial charge in [0.1, 0.15) is 12.2 Å². The number of aliphatic imine (C=N–C) groups is 1. The minimum atomic E-state index is -0.365. The number of guanidine groups is 1. The number of hydrogen-bond acceptors (Lipinski definition) is 4. The lowest BCUT2D eigenvalue weighted by molar-refractivity contribution is 0.385. The van der Waals surface area contributed by atoms with Crippen molar-refractivity contribution in [3.8, 4) is 5.75 Å². The summed E-state index contributed by atoms with van der Waals surface area (Å²) in [5.41, 5.74) is 0.843. The van der Waals surface area contributed by atoms with Crippen molar-refractivity contribution in [3.05, 3.63) is 41.7 Å². The van der Waals surface area contributed by atoms with E-state index in [2.05, 4.69) is 27.4 Å². The van der Waals surface area contributed by atoms with Gasteiger partial charge in [-0.15, -0.1) is 34.2 Å². The monoisotopic (exact) mass is 476 g/mol. The number of aryl methyl sites for hydroxylation is 1. The van der Waals surface area contributed by atoms with Crippen molar-refractivity contribution in [1.82, 2.24) is 25.0 Å². The van der Waals surface area contributed by atoms with Crippen LogP contribution < -0.4 is 10.1 Å². The van der Waals surface area contributed by atoms with Gasteiger partial charge < -0.3 is 19.5 Å². The minimum Gasteiger partial charge on any atom is -0.494 e. The van der Waals surface area contributed by atoms with Crippen molar-refractivity contribution in [2.24, 2.45) is 4.99 Å². The smallest absolute Gasteiger partial charge is 0.193 e. The van der Waals surface area contributed by atoms with Crippen molar-refractivity contribution in [2.45, 2.75) is 26.4 Å². The molecule has 1 aromatic carbocycles. The summed E-state index contributed by atoms with van der Waals surface area (Å²) in [5, 5.41) is 11.3. The van der Waals surface area contributed by atoms with Crippen LogP contribution in [0.3, 0.4) is 0 Å². The highest BCUT2D eigenvalue weighted by Crippen LogP contribution is 2.18. The molecule has 7 nitrogen and oxygen atoms in total. The number of halogens is 2. The van der Waals surface area contributed by atoms with Gasteiger partial charge in [-0.1, -0.05) is 13.0 Å². The molecule has 9 heteroatoms. The van der Waals surface area contributed by atoms with E-state index in [9.17, 15) is 4.39 Å². The van der Waals surface area contributed by atoms with E-state index in [0.29, 0.717) is 13.1 Å². The molecule has 1 heterocycles. The second-order valence-electron chi connectivity index (χ2n) is 5.59. The molecular formula is C17H26FIN6O. The lowest BCUT2D eigenvalue weighted by Gasteiger charge is -2.22. The van der Waals surface area contributed by atoms with Gasteiger partial charge in [0.2, 0.25) is 0 Å². The first kappa shape index (κ1) is 22.1. The summed E-state index contributed by atoms with van der Waals surface area (Å²) in [6.45, 7) is 4.03. The molecule has 0 bridgehead atoms. The fourth-order valence-electron chi connectivity index (χ4n) is 2.57. The molecule has 1 aromatic heterocycles. The molecule has 0 spiro atoms. The van der Waals surface area contributed by atoms with Crippen LogP contribution in [-0.4, -0.2) is 53.4 Å². The van der Waals surface area contributed by atoms with E-state index in [-0.39, 0.29) is 35.5 Å². The molecule has 144 valence electrons. The predicted octanol–water partition coefficient (Wildman–Crippen LogP) is 2.31. The summed E-state index contributed by atoms with van der Waals surface area (Å²) >= 11 is 0. The quantitative estimate of drug-likeness (QED) is 0.378. The number of ether oxygens (including phenoxy) is 1. The van der Waals surface area contributed by atoms with E-state index in [4.69, 9.17) is 4.74 Å². The lowest BCUT2D eigenvalue weighted by atomic mass is 10.2. The van der Waals surface area contributed by atoms with E-state index >= 15 is 0 Å². The minimum absolute atomic E-state index is 0. The molecule has 1 N–H and O–H groups in total. The second-order valence-corrected chi connectivity index (χ2v) is 5.59. The number of benzene rings is 1. The van der Waals surface area contributed by atoms with Gasteiger partial charge in [-0.3, -0.25) is 4.99 Å². The normalized spacial score (nSPS) is 11.0. The molecule has 0 aliphatic heterocycles. The number of nitrogens with one attached hydrogen (secondary N) is 1.